The van der Waals surface area contributed by atoms with Crippen LogP contribution in [-0.2, 0) is 11.3 Å². The predicted molar refractivity (Wildman–Crippen MR) is 65.8 cm³/mol. The molecule has 17 heavy (non-hydrogen) atoms. The highest BCUT2D eigenvalue weighted by Gasteiger charge is 2.19. The number of carbonyl (C=O) groups is 1. The predicted octanol–water partition coefficient (Wildman–Crippen LogP) is -0.539. The van der Waals surface area contributed by atoms with Crippen LogP contribution in [0.1, 0.15) is 6.92 Å². The molecule has 0 radical (unpaired) electrons. The first-order valence-electron chi connectivity index (χ1n) is 5.35. The molecule has 8 heteroatoms. The first-order valence-corrected chi connectivity index (χ1v) is 6.22. The molecule has 0 saturated carbocycles. The van der Waals surface area contributed by atoms with Gasteiger partial charge in [-0.25, -0.2) is 4.68 Å². The van der Waals surface area contributed by atoms with Crippen molar-refractivity contribution in [2.75, 3.05) is 27.7 Å². The Morgan fingerprint density at radius 3 is 2.88 bits per heavy atom. The molecule has 96 valence electrons. The maximum absolute atomic E-state index is 11.7. The molecule has 1 aromatic heterocycles. The van der Waals surface area contributed by atoms with Gasteiger partial charge in [0.1, 0.15) is 0 Å². The Hall–Kier alpha value is -1.15. The maximum Gasteiger partial charge on any atom is 0.235 e. The Bertz CT molecular complexity index is 366. The van der Waals surface area contributed by atoms with E-state index in [1.54, 1.807) is 23.7 Å². The number of aromatic nitrogens is 4. The summed E-state index contributed by atoms with van der Waals surface area (Å²) in [7, 11) is 5.35. The Labute approximate surface area is 105 Å². The molecule has 1 rings (SSSR count). The molecule has 0 aromatic carbocycles. The van der Waals surface area contributed by atoms with E-state index in [4.69, 9.17) is 0 Å². The quantitative estimate of drug-likeness (QED) is 0.691. The summed E-state index contributed by atoms with van der Waals surface area (Å²) in [5, 5.41) is 14.9. The zero-order valence-electron chi connectivity index (χ0n) is 10.5. The van der Waals surface area contributed by atoms with Crippen LogP contribution < -0.4 is 5.32 Å². The SMILES string of the molecule is CNCCn1nnnc1SC(C)C(=O)N(C)C. The summed E-state index contributed by atoms with van der Waals surface area (Å²) in [4.78, 5) is 13.3. The Morgan fingerprint density at radius 1 is 1.59 bits per heavy atom. The third-order valence-electron chi connectivity index (χ3n) is 2.14. The molecule has 0 saturated heterocycles. The van der Waals surface area contributed by atoms with Crippen molar-refractivity contribution >= 4 is 17.7 Å². The molecule has 7 nitrogen and oxygen atoms in total. The van der Waals surface area contributed by atoms with Gasteiger partial charge in [0.25, 0.3) is 0 Å². The van der Waals surface area contributed by atoms with Gasteiger partial charge in [0.2, 0.25) is 11.1 Å². The van der Waals surface area contributed by atoms with Crippen LogP contribution in [0.2, 0.25) is 0 Å². The molecule has 1 N–H and O–H groups in total. The summed E-state index contributed by atoms with van der Waals surface area (Å²) >= 11 is 1.37. The average Bonchev–Trinajstić information content (AvgIpc) is 2.72. The van der Waals surface area contributed by atoms with Gasteiger partial charge >= 0.3 is 0 Å². The molecule has 1 heterocycles. The fourth-order valence-electron chi connectivity index (χ4n) is 1.21. The van der Waals surface area contributed by atoms with E-state index in [9.17, 15) is 4.79 Å². The Kier molecular flexibility index (Phi) is 5.36. The summed E-state index contributed by atoms with van der Waals surface area (Å²) in [5.74, 6) is 0.0539. The first kappa shape index (κ1) is 13.9. The maximum atomic E-state index is 11.7. The summed E-state index contributed by atoms with van der Waals surface area (Å²) in [5.41, 5.74) is 0. The van der Waals surface area contributed by atoms with Gasteiger partial charge in [-0.1, -0.05) is 11.8 Å². The minimum absolute atomic E-state index is 0.0539. The lowest BCUT2D eigenvalue weighted by atomic mass is 10.4. The molecule has 0 fully saturated rings. The monoisotopic (exact) mass is 258 g/mol. The topological polar surface area (TPSA) is 75.9 Å². The second kappa shape index (κ2) is 6.55. The van der Waals surface area contributed by atoms with Gasteiger partial charge in [-0.3, -0.25) is 4.79 Å². The minimum atomic E-state index is -0.190. The van der Waals surface area contributed by atoms with E-state index in [0.717, 1.165) is 6.54 Å². The van der Waals surface area contributed by atoms with Gasteiger partial charge < -0.3 is 10.2 Å². The molecule has 1 unspecified atom stereocenters. The van der Waals surface area contributed by atoms with E-state index in [1.807, 2.05) is 14.0 Å². The number of amides is 1. The van der Waals surface area contributed by atoms with Gasteiger partial charge in [-0.05, 0) is 24.4 Å². The van der Waals surface area contributed by atoms with Crippen LogP contribution in [0, 0.1) is 0 Å². The Balaban J connectivity index is 2.61. The van der Waals surface area contributed by atoms with Crippen molar-refractivity contribution in [3.8, 4) is 0 Å². The van der Waals surface area contributed by atoms with Crippen molar-refractivity contribution in [3.05, 3.63) is 0 Å². The highest BCUT2D eigenvalue weighted by atomic mass is 32.2. The van der Waals surface area contributed by atoms with Gasteiger partial charge in [0, 0.05) is 20.6 Å². The molecule has 1 amide bonds. The van der Waals surface area contributed by atoms with E-state index in [2.05, 4.69) is 20.8 Å². The van der Waals surface area contributed by atoms with Crippen molar-refractivity contribution in [1.29, 1.82) is 0 Å². The summed E-state index contributed by atoms with van der Waals surface area (Å²) in [6.45, 7) is 3.33. The molecule has 0 bridgehead atoms. The number of thioether (sulfide) groups is 1. The van der Waals surface area contributed by atoms with Crippen molar-refractivity contribution in [2.24, 2.45) is 0 Å². The fourth-order valence-corrected chi connectivity index (χ4v) is 2.17. The van der Waals surface area contributed by atoms with Gasteiger partial charge in [0.05, 0.1) is 11.8 Å². The lowest BCUT2D eigenvalue weighted by Crippen LogP contribution is -2.30. The number of tetrazole rings is 1. The van der Waals surface area contributed by atoms with E-state index in [0.29, 0.717) is 11.7 Å². The number of hydrogen-bond donors (Lipinski definition) is 1. The average molecular weight is 258 g/mol. The van der Waals surface area contributed by atoms with Gasteiger partial charge in [-0.2, -0.15) is 0 Å². The second-order valence-corrected chi connectivity index (χ2v) is 5.09. The van der Waals surface area contributed by atoms with Crippen LogP contribution in [0.5, 0.6) is 0 Å². The number of hydrogen-bond acceptors (Lipinski definition) is 6. The lowest BCUT2D eigenvalue weighted by molar-refractivity contribution is -0.127. The molecular weight excluding hydrogens is 240 g/mol. The van der Waals surface area contributed by atoms with Crippen molar-refractivity contribution in [2.45, 2.75) is 23.9 Å². The molecule has 0 aliphatic carbocycles. The van der Waals surface area contributed by atoms with Crippen LogP contribution in [0.4, 0.5) is 0 Å². The van der Waals surface area contributed by atoms with Gasteiger partial charge in [0.15, 0.2) is 0 Å². The van der Waals surface area contributed by atoms with Crippen LogP contribution in [-0.4, -0.2) is 64.0 Å². The summed E-state index contributed by atoms with van der Waals surface area (Å²) < 4.78 is 1.70. The third kappa shape index (κ3) is 3.97. The largest absolute Gasteiger partial charge is 0.348 e. The van der Waals surface area contributed by atoms with E-state index < -0.39 is 0 Å². The van der Waals surface area contributed by atoms with E-state index >= 15 is 0 Å². The highest BCUT2D eigenvalue weighted by molar-refractivity contribution is 8.00. The molecule has 0 spiro atoms. The highest BCUT2D eigenvalue weighted by Crippen LogP contribution is 2.20. The second-order valence-electron chi connectivity index (χ2n) is 3.78. The van der Waals surface area contributed by atoms with Crippen LogP contribution >= 0.6 is 11.8 Å². The van der Waals surface area contributed by atoms with E-state index in [1.165, 1.54) is 11.8 Å². The number of carbonyl (C=O) groups excluding carboxylic acids is 1. The number of nitrogens with one attached hydrogen (secondary N) is 1. The standard InChI is InChI=1S/C9H18N6OS/c1-7(8(16)14(3)4)17-9-11-12-13-15(9)6-5-10-2/h7,10H,5-6H2,1-4H3. The van der Waals surface area contributed by atoms with Crippen LogP contribution in [0.25, 0.3) is 0 Å². The number of rotatable bonds is 6. The van der Waals surface area contributed by atoms with Crippen LogP contribution in [0.15, 0.2) is 5.16 Å². The number of nitrogens with zero attached hydrogens (tertiary/aromatic N) is 5. The zero-order chi connectivity index (χ0) is 12.8. The molecule has 0 aliphatic rings. The molecule has 1 aromatic rings. The number of likely N-dealkylation sites (N-methyl/N-ethyl adjacent to an activating group) is 1. The molecular formula is C9H18N6OS. The Morgan fingerprint density at radius 2 is 2.29 bits per heavy atom. The first-order chi connectivity index (χ1) is 8.06. The summed E-state index contributed by atoms with van der Waals surface area (Å²) in [6, 6.07) is 0. The summed E-state index contributed by atoms with van der Waals surface area (Å²) in [6.07, 6.45) is 0. The third-order valence-corrected chi connectivity index (χ3v) is 3.20. The fraction of sp³-hybridized carbons (Fsp3) is 0.778. The van der Waals surface area contributed by atoms with E-state index in [-0.39, 0.29) is 11.2 Å². The molecule has 1 atom stereocenters. The van der Waals surface area contributed by atoms with Gasteiger partial charge in [-0.15, -0.1) is 5.10 Å². The van der Waals surface area contributed by atoms with Crippen LogP contribution in [0.3, 0.4) is 0 Å². The smallest absolute Gasteiger partial charge is 0.235 e. The minimum Gasteiger partial charge on any atom is -0.348 e. The molecule has 0 aliphatic heterocycles. The lowest BCUT2D eigenvalue weighted by Gasteiger charge is -2.15. The van der Waals surface area contributed by atoms with Crippen molar-refractivity contribution in [1.82, 2.24) is 30.4 Å². The van der Waals surface area contributed by atoms with Crippen molar-refractivity contribution in [3.63, 3.8) is 0 Å². The normalized spacial score (nSPS) is 12.5. The zero-order valence-corrected chi connectivity index (χ0v) is 11.4. The van der Waals surface area contributed by atoms with Crippen molar-refractivity contribution < 1.29 is 4.79 Å².